The van der Waals surface area contributed by atoms with Crippen LogP contribution in [0.15, 0.2) is 78.9 Å². The summed E-state index contributed by atoms with van der Waals surface area (Å²) in [7, 11) is 0. The zero-order valence-corrected chi connectivity index (χ0v) is 18.9. The average molecular weight is 426 g/mol. The number of imide groups is 1. The van der Waals surface area contributed by atoms with Crippen molar-refractivity contribution in [2.24, 2.45) is 5.73 Å². The third kappa shape index (κ3) is 5.80. The summed E-state index contributed by atoms with van der Waals surface area (Å²) >= 11 is 0. The Bertz CT molecular complexity index is 1070. The van der Waals surface area contributed by atoms with Gasteiger partial charge in [0.1, 0.15) is 5.75 Å². The molecule has 0 heterocycles. The van der Waals surface area contributed by atoms with Crippen molar-refractivity contribution in [3.63, 3.8) is 0 Å². The maximum atomic E-state index is 13.2. The van der Waals surface area contributed by atoms with Gasteiger partial charge in [0, 0.05) is 11.1 Å². The molecule has 0 saturated heterocycles. The second kappa shape index (κ2) is 10.9. The van der Waals surface area contributed by atoms with E-state index < -0.39 is 23.8 Å². The number of phenols is 1. The first-order chi connectivity index (χ1) is 14.4. The van der Waals surface area contributed by atoms with Crippen molar-refractivity contribution in [2.75, 3.05) is 4.90 Å². The predicted molar refractivity (Wildman–Crippen MR) is 109 cm³/mol. The first-order valence-electron chi connectivity index (χ1n) is 9.15. The Morgan fingerprint density at radius 1 is 0.903 bits per heavy atom. The van der Waals surface area contributed by atoms with Crippen LogP contribution < -0.4 is 45.3 Å². The van der Waals surface area contributed by atoms with Gasteiger partial charge in [0.2, 0.25) is 0 Å². The van der Waals surface area contributed by atoms with E-state index in [2.05, 4.69) is 0 Å². The van der Waals surface area contributed by atoms with Gasteiger partial charge >= 0.3 is 29.6 Å². The van der Waals surface area contributed by atoms with Gasteiger partial charge < -0.3 is 20.7 Å². The van der Waals surface area contributed by atoms with E-state index in [-0.39, 0.29) is 58.5 Å². The molecule has 152 valence electrons. The molecule has 7 nitrogen and oxygen atoms in total. The van der Waals surface area contributed by atoms with Crippen LogP contribution in [0.25, 0.3) is 0 Å². The minimum absolute atomic E-state index is 0. The number of nitrogens with zero attached hydrogens (tertiary/aromatic N) is 1. The molecule has 0 bridgehead atoms. The van der Waals surface area contributed by atoms with Crippen molar-refractivity contribution in [3.05, 3.63) is 95.6 Å². The maximum Gasteiger partial charge on any atom is 1.00 e. The Kier molecular flexibility index (Phi) is 8.53. The number of anilines is 1. The van der Waals surface area contributed by atoms with Crippen LogP contribution in [-0.4, -0.2) is 28.9 Å². The summed E-state index contributed by atoms with van der Waals surface area (Å²) in [6.07, 6.45) is 0.0885. The first-order valence-corrected chi connectivity index (χ1v) is 9.15. The van der Waals surface area contributed by atoms with Gasteiger partial charge in [0.25, 0.3) is 11.8 Å². The minimum Gasteiger partial charge on any atom is -0.545 e. The molecule has 0 saturated carbocycles. The van der Waals surface area contributed by atoms with E-state index in [0.717, 1.165) is 4.90 Å². The summed E-state index contributed by atoms with van der Waals surface area (Å²) in [5.41, 5.74) is 6.57. The summed E-state index contributed by atoms with van der Waals surface area (Å²) < 4.78 is 0. The molecule has 31 heavy (non-hydrogen) atoms. The van der Waals surface area contributed by atoms with Crippen LogP contribution >= 0.6 is 0 Å². The van der Waals surface area contributed by atoms with Crippen molar-refractivity contribution < 1.29 is 54.2 Å². The molecule has 0 aromatic heterocycles. The van der Waals surface area contributed by atoms with Gasteiger partial charge in [0.15, 0.2) is 0 Å². The molecule has 1 atom stereocenters. The van der Waals surface area contributed by atoms with E-state index in [0.29, 0.717) is 5.56 Å². The van der Waals surface area contributed by atoms with E-state index in [4.69, 9.17) is 5.73 Å². The van der Waals surface area contributed by atoms with E-state index in [1.54, 1.807) is 30.3 Å². The molecule has 3 aromatic carbocycles. The topological polar surface area (TPSA) is 124 Å². The number of carboxylic acids is 1. The second-order valence-electron chi connectivity index (χ2n) is 6.63. The van der Waals surface area contributed by atoms with Gasteiger partial charge in [-0.2, -0.15) is 0 Å². The van der Waals surface area contributed by atoms with Crippen molar-refractivity contribution >= 4 is 23.5 Å². The monoisotopic (exact) mass is 426 g/mol. The van der Waals surface area contributed by atoms with Crippen LogP contribution in [0.3, 0.4) is 0 Å². The van der Waals surface area contributed by atoms with Crippen molar-refractivity contribution in [2.45, 2.75) is 12.5 Å². The third-order valence-corrected chi connectivity index (χ3v) is 4.52. The number of carbonyl (C=O) groups is 3. The fourth-order valence-electron chi connectivity index (χ4n) is 3.02. The number of carboxylic acid groups (broad SMARTS) is 1. The quantitative estimate of drug-likeness (QED) is 0.463. The number of para-hydroxylation sites is 1. The van der Waals surface area contributed by atoms with Gasteiger partial charge in [-0.3, -0.25) is 9.59 Å². The SMILES string of the molecule is N[C@@H](Cc1ccc(O)cc1)C(=O)N(C(=O)c1ccccc1)c1ccccc1C(=O)[O-].[Na+]. The first kappa shape index (κ1) is 24.3. The zero-order chi connectivity index (χ0) is 21.7. The summed E-state index contributed by atoms with van der Waals surface area (Å²) in [5, 5.41) is 21.0. The molecule has 8 heteroatoms. The Balaban J connectivity index is 0.00000341. The number of phenolic OH excluding ortho intramolecular Hbond substituents is 1. The van der Waals surface area contributed by atoms with Gasteiger partial charge in [-0.05, 0) is 42.3 Å². The molecule has 0 fully saturated rings. The molecule has 0 aliphatic heterocycles. The number of aromatic hydroxyl groups is 1. The van der Waals surface area contributed by atoms with Crippen LogP contribution in [0.4, 0.5) is 5.69 Å². The third-order valence-electron chi connectivity index (χ3n) is 4.52. The normalized spacial score (nSPS) is 11.1. The smallest absolute Gasteiger partial charge is 0.545 e. The van der Waals surface area contributed by atoms with Crippen molar-refractivity contribution in [3.8, 4) is 5.75 Å². The van der Waals surface area contributed by atoms with Crippen LogP contribution in [-0.2, 0) is 11.2 Å². The molecular formula is C23H19N2NaO5. The van der Waals surface area contributed by atoms with Crippen LogP contribution in [0.5, 0.6) is 5.75 Å². The molecule has 0 unspecified atom stereocenters. The molecule has 3 aromatic rings. The second-order valence-corrected chi connectivity index (χ2v) is 6.63. The summed E-state index contributed by atoms with van der Waals surface area (Å²) in [6, 6.07) is 18.7. The molecular weight excluding hydrogens is 407 g/mol. The van der Waals surface area contributed by atoms with E-state index in [1.165, 1.54) is 48.5 Å². The number of amides is 2. The minimum atomic E-state index is -1.52. The van der Waals surface area contributed by atoms with E-state index in [9.17, 15) is 24.6 Å². The van der Waals surface area contributed by atoms with E-state index in [1.807, 2.05) is 0 Å². The maximum absolute atomic E-state index is 13.2. The van der Waals surface area contributed by atoms with Crippen LogP contribution in [0, 0.1) is 0 Å². The number of hydrogen-bond donors (Lipinski definition) is 2. The van der Waals surface area contributed by atoms with Crippen LogP contribution in [0.1, 0.15) is 26.3 Å². The fourth-order valence-corrected chi connectivity index (χ4v) is 3.02. The summed E-state index contributed by atoms with van der Waals surface area (Å²) in [4.78, 5) is 38.8. The number of benzene rings is 3. The average Bonchev–Trinajstić information content (AvgIpc) is 2.76. The Labute approximate surface area is 201 Å². The van der Waals surface area contributed by atoms with Gasteiger partial charge in [-0.25, -0.2) is 4.90 Å². The molecule has 0 radical (unpaired) electrons. The summed E-state index contributed by atoms with van der Waals surface area (Å²) in [5.74, 6) is -2.90. The van der Waals surface area contributed by atoms with Gasteiger partial charge in [-0.1, -0.05) is 48.5 Å². The molecule has 3 rings (SSSR count). The standard InChI is InChI=1S/C23H20N2O5.Na/c24-19(14-15-10-12-17(26)13-11-15)22(28)25(21(27)16-6-2-1-3-7-16)20-9-5-4-8-18(20)23(29)30;/h1-13,19,26H,14,24H2,(H,29,30);/q;+1/p-1/t19-;/m0./s1. The van der Waals surface area contributed by atoms with Gasteiger partial charge in [-0.15, -0.1) is 0 Å². The largest absolute Gasteiger partial charge is 1.00 e. The Morgan fingerprint density at radius 2 is 1.48 bits per heavy atom. The fraction of sp³-hybridized carbons (Fsp3) is 0.0870. The molecule has 3 N–H and O–H groups in total. The molecule has 2 amide bonds. The Morgan fingerprint density at radius 3 is 2.10 bits per heavy atom. The number of carbonyl (C=O) groups excluding carboxylic acids is 3. The van der Waals surface area contributed by atoms with Gasteiger partial charge in [0.05, 0.1) is 17.7 Å². The number of hydrogen-bond acceptors (Lipinski definition) is 6. The van der Waals surface area contributed by atoms with Crippen LogP contribution in [0.2, 0.25) is 0 Å². The number of aromatic carboxylic acids is 1. The molecule has 0 aliphatic carbocycles. The number of nitrogens with two attached hydrogens (primary N) is 1. The van der Waals surface area contributed by atoms with Crippen molar-refractivity contribution in [1.29, 1.82) is 0 Å². The predicted octanol–water partition coefficient (Wildman–Crippen LogP) is -1.50. The summed E-state index contributed by atoms with van der Waals surface area (Å²) in [6.45, 7) is 0. The van der Waals surface area contributed by atoms with Crippen molar-refractivity contribution in [1.82, 2.24) is 0 Å². The molecule has 0 spiro atoms. The van der Waals surface area contributed by atoms with E-state index >= 15 is 0 Å². The number of rotatable bonds is 6. The molecule has 0 aliphatic rings. The Hall–Kier alpha value is -2.97. The zero-order valence-electron chi connectivity index (χ0n) is 16.9.